The number of aromatic nitrogens is 4. The normalized spacial score (nSPS) is 14.4. The van der Waals surface area contributed by atoms with Crippen molar-refractivity contribution in [2.75, 3.05) is 5.75 Å². The van der Waals surface area contributed by atoms with E-state index in [4.69, 9.17) is 0 Å². The van der Waals surface area contributed by atoms with Crippen LogP contribution >= 0.6 is 11.8 Å². The molecule has 0 amide bonds. The van der Waals surface area contributed by atoms with Crippen molar-refractivity contribution in [2.45, 2.75) is 31.5 Å². The minimum Gasteiger partial charge on any atom is -0.508 e. The molecule has 0 bridgehead atoms. The molecular formula is C13H18N4O2S. The van der Waals surface area contributed by atoms with Crippen molar-refractivity contribution in [3.63, 3.8) is 0 Å². The number of phenolic OH excluding ortho intramolecular Hbond substituents is 1. The van der Waals surface area contributed by atoms with Gasteiger partial charge in [-0.2, -0.15) is 4.68 Å². The van der Waals surface area contributed by atoms with Gasteiger partial charge in [0.1, 0.15) is 5.75 Å². The monoisotopic (exact) mass is 294 g/mol. The van der Waals surface area contributed by atoms with Crippen LogP contribution in [0, 0.1) is 5.92 Å². The molecule has 1 aromatic heterocycles. The standard InChI is InChI=1S/C13H18N4O2S/c1-9(2)13(3,19)8-20-12-14-15-16-17(12)10-4-6-11(18)7-5-10/h4-7,9,18-19H,8H2,1-3H3. The molecule has 1 unspecified atom stereocenters. The van der Waals surface area contributed by atoms with Gasteiger partial charge in [-0.1, -0.05) is 25.6 Å². The first-order chi connectivity index (χ1) is 9.40. The second-order valence-electron chi connectivity index (χ2n) is 5.19. The Kier molecular flexibility index (Phi) is 4.29. The molecule has 0 aliphatic heterocycles. The molecule has 20 heavy (non-hydrogen) atoms. The molecule has 2 N–H and O–H groups in total. The van der Waals surface area contributed by atoms with E-state index in [-0.39, 0.29) is 11.7 Å². The van der Waals surface area contributed by atoms with Crippen molar-refractivity contribution in [1.29, 1.82) is 0 Å². The fourth-order valence-electron chi connectivity index (χ4n) is 1.40. The average molecular weight is 294 g/mol. The minimum atomic E-state index is -0.781. The summed E-state index contributed by atoms with van der Waals surface area (Å²) in [5.41, 5.74) is -0.0179. The maximum Gasteiger partial charge on any atom is 0.214 e. The molecule has 0 radical (unpaired) electrons. The van der Waals surface area contributed by atoms with E-state index in [0.717, 1.165) is 5.69 Å². The Bertz CT molecular complexity index is 566. The quantitative estimate of drug-likeness (QED) is 0.819. The number of thioether (sulfide) groups is 1. The van der Waals surface area contributed by atoms with Crippen molar-refractivity contribution in [2.24, 2.45) is 5.92 Å². The highest BCUT2D eigenvalue weighted by molar-refractivity contribution is 7.99. The summed E-state index contributed by atoms with van der Waals surface area (Å²) in [5, 5.41) is 31.7. The molecule has 0 saturated heterocycles. The molecule has 2 rings (SSSR count). The van der Waals surface area contributed by atoms with Gasteiger partial charge in [0.2, 0.25) is 5.16 Å². The third kappa shape index (κ3) is 3.29. The van der Waals surface area contributed by atoms with Crippen LogP contribution in [0.2, 0.25) is 0 Å². The van der Waals surface area contributed by atoms with Gasteiger partial charge in [0, 0.05) is 5.75 Å². The maximum absolute atomic E-state index is 10.3. The molecule has 1 atom stereocenters. The number of phenols is 1. The van der Waals surface area contributed by atoms with Gasteiger partial charge in [-0.15, -0.1) is 5.10 Å². The molecule has 1 heterocycles. The van der Waals surface area contributed by atoms with E-state index >= 15 is 0 Å². The zero-order valence-corrected chi connectivity index (χ0v) is 12.5. The average Bonchev–Trinajstić information content (AvgIpc) is 2.85. The van der Waals surface area contributed by atoms with Gasteiger partial charge in [0.25, 0.3) is 0 Å². The highest BCUT2D eigenvalue weighted by Crippen LogP contribution is 2.27. The van der Waals surface area contributed by atoms with E-state index in [1.807, 2.05) is 13.8 Å². The first-order valence-corrected chi connectivity index (χ1v) is 7.31. The molecule has 0 aliphatic rings. The number of tetrazole rings is 1. The van der Waals surface area contributed by atoms with Gasteiger partial charge in [0.15, 0.2) is 0 Å². The van der Waals surface area contributed by atoms with Crippen molar-refractivity contribution < 1.29 is 10.2 Å². The summed E-state index contributed by atoms with van der Waals surface area (Å²) in [4.78, 5) is 0. The van der Waals surface area contributed by atoms with Gasteiger partial charge in [-0.05, 0) is 47.5 Å². The van der Waals surface area contributed by atoms with Gasteiger partial charge < -0.3 is 10.2 Å². The van der Waals surface area contributed by atoms with Gasteiger partial charge in [-0.3, -0.25) is 0 Å². The number of benzene rings is 1. The Morgan fingerprint density at radius 3 is 2.55 bits per heavy atom. The van der Waals surface area contributed by atoms with Crippen molar-refractivity contribution in [3.05, 3.63) is 24.3 Å². The molecular weight excluding hydrogens is 276 g/mol. The van der Waals surface area contributed by atoms with Gasteiger partial charge in [0.05, 0.1) is 11.3 Å². The lowest BCUT2D eigenvalue weighted by atomic mass is 9.95. The van der Waals surface area contributed by atoms with Crippen LogP contribution in [0.4, 0.5) is 0 Å². The predicted octanol–water partition coefficient (Wildman–Crippen LogP) is 1.87. The van der Waals surface area contributed by atoms with Crippen LogP contribution < -0.4 is 0 Å². The van der Waals surface area contributed by atoms with Crippen LogP contribution in [-0.2, 0) is 0 Å². The minimum absolute atomic E-state index is 0.146. The van der Waals surface area contributed by atoms with E-state index in [1.165, 1.54) is 11.8 Å². The van der Waals surface area contributed by atoms with E-state index in [2.05, 4.69) is 15.5 Å². The fraction of sp³-hybridized carbons (Fsp3) is 0.462. The number of rotatable bonds is 5. The van der Waals surface area contributed by atoms with Crippen LogP contribution in [0.1, 0.15) is 20.8 Å². The van der Waals surface area contributed by atoms with E-state index < -0.39 is 5.60 Å². The summed E-state index contributed by atoms with van der Waals surface area (Å²) in [7, 11) is 0. The van der Waals surface area contributed by atoms with Crippen molar-refractivity contribution >= 4 is 11.8 Å². The number of nitrogens with zero attached hydrogens (tertiary/aromatic N) is 4. The highest BCUT2D eigenvalue weighted by Gasteiger charge is 2.26. The zero-order valence-electron chi connectivity index (χ0n) is 11.7. The second kappa shape index (κ2) is 5.80. The number of aromatic hydroxyl groups is 1. The van der Waals surface area contributed by atoms with Crippen molar-refractivity contribution in [3.8, 4) is 11.4 Å². The first kappa shape index (κ1) is 14.8. The Morgan fingerprint density at radius 2 is 1.95 bits per heavy atom. The summed E-state index contributed by atoms with van der Waals surface area (Å²) in [6.07, 6.45) is 0. The number of aliphatic hydroxyl groups is 1. The number of hydrogen-bond acceptors (Lipinski definition) is 6. The molecule has 0 spiro atoms. The summed E-state index contributed by atoms with van der Waals surface area (Å²) in [6.45, 7) is 5.76. The fourth-order valence-corrected chi connectivity index (χ4v) is 2.52. The molecule has 0 aliphatic carbocycles. The molecule has 108 valence electrons. The summed E-state index contributed by atoms with van der Waals surface area (Å²) in [5.74, 6) is 0.843. The Labute approximate surface area is 121 Å². The molecule has 7 heteroatoms. The van der Waals surface area contributed by atoms with Crippen LogP contribution in [0.15, 0.2) is 29.4 Å². The predicted molar refractivity (Wildman–Crippen MR) is 77.0 cm³/mol. The zero-order chi connectivity index (χ0) is 14.8. The van der Waals surface area contributed by atoms with Crippen molar-refractivity contribution in [1.82, 2.24) is 20.2 Å². The van der Waals surface area contributed by atoms with E-state index in [1.54, 1.807) is 35.9 Å². The van der Waals surface area contributed by atoms with Crippen LogP contribution in [0.5, 0.6) is 5.75 Å². The summed E-state index contributed by atoms with van der Waals surface area (Å²) < 4.78 is 1.58. The lowest BCUT2D eigenvalue weighted by Gasteiger charge is -2.26. The lowest BCUT2D eigenvalue weighted by Crippen LogP contribution is -2.33. The molecule has 6 nitrogen and oxygen atoms in total. The largest absolute Gasteiger partial charge is 0.508 e. The Morgan fingerprint density at radius 1 is 1.30 bits per heavy atom. The molecule has 1 aromatic carbocycles. The first-order valence-electron chi connectivity index (χ1n) is 6.33. The topological polar surface area (TPSA) is 84.1 Å². The highest BCUT2D eigenvalue weighted by atomic mass is 32.2. The summed E-state index contributed by atoms with van der Waals surface area (Å²) in [6, 6.07) is 6.62. The van der Waals surface area contributed by atoms with Crippen LogP contribution in [0.25, 0.3) is 5.69 Å². The van der Waals surface area contributed by atoms with E-state index in [9.17, 15) is 10.2 Å². The van der Waals surface area contributed by atoms with Gasteiger partial charge in [-0.25, -0.2) is 0 Å². The third-order valence-electron chi connectivity index (χ3n) is 3.27. The number of hydrogen-bond donors (Lipinski definition) is 2. The summed E-state index contributed by atoms with van der Waals surface area (Å²) >= 11 is 1.40. The Balaban J connectivity index is 2.15. The molecule has 2 aromatic rings. The molecule has 0 fully saturated rings. The lowest BCUT2D eigenvalue weighted by molar-refractivity contribution is 0.0376. The van der Waals surface area contributed by atoms with Crippen LogP contribution in [0.3, 0.4) is 0 Å². The third-order valence-corrected chi connectivity index (χ3v) is 4.51. The Hall–Kier alpha value is -1.60. The van der Waals surface area contributed by atoms with Gasteiger partial charge >= 0.3 is 0 Å². The van der Waals surface area contributed by atoms with Crippen LogP contribution in [-0.4, -0.2) is 41.8 Å². The smallest absolute Gasteiger partial charge is 0.214 e. The SMILES string of the molecule is CC(C)C(C)(O)CSc1nnnn1-c1ccc(O)cc1. The second-order valence-corrected chi connectivity index (χ2v) is 6.13. The molecule has 0 saturated carbocycles. The van der Waals surface area contributed by atoms with E-state index in [0.29, 0.717) is 10.9 Å². The maximum atomic E-state index is 10.3.